The van der Waals surface area contributed by atoms with Crippen molar-refractivity contribution in [3.05, 3.63) is 54.1 Å². The van der Waals surface area contributed by atoms with Crippen LogP contribution in [0.3, 0.4) is 0 Å². The minimum Gasteiger partial charge on any atom is -0.394 e. The van der Waals surface area contributed by atoms with E-state index in [0.29, 0.717) is 18.7 Å². The number of hydrogen-bond donors (Lipinski definition) is 7. The van der Waals surface area contributed by atoms with Gasteiger partial charge in [-0.1, -0.05) is 44.2 Å². The monoisotopic (exact) mass is 922 g/mol. The first-order chi connectivity index (χ1) is 30.3. The van der Waals surface area contributed by atoms with Crippen LogP contribution in [0.15, 0.2) is 42.9 Å². The summed E-state index contributed by atoms with van der Waals surface area (Å²) in [5.41, 5.74) is 3.85. The highest BCUT2D eigenvalue weighted by Crippen LogP contribution is 2.39. The summed E-state index contributed by atoms with van der Waals surface area (Å²) in [5, 5.41) is 15.4. The maximum atomic E-state index is 14.2. The number of amides is 4. The Labute approximate surface area is 372 Å². The number of imidazole rings is 1. The molecule has 1 unspecified atom stereocenters. The van der Waals surface area contributed by atoms with Gasteiger partial charge in [-0.25, -0.2) is 15.0 Å². The molecule has 1 aromatic carbocycles. The molecule has 4 amide bonds. The molecule has 7 atom stereocenters. The summed E-state index contributed by atoms with van der Waals surface area (Å²) < 4.78 is 26.5. The lowest BCUT2D eigenvalue weighted by molar-refractivity contribution is -0.141. The van der Waals surface area contributed by atoms with Crippen molar-refractivity contribution in [2.75, 3.05) is 40.1 Å². The molecule has 0 spiro atoms. The molecule has 0 radical (unpaired) electrons. The van der Waals surface area contributed by atoms with Gasteiger partial charge in [-0.3, -0.25) is 42.9 Å². The zero-order chi connectivity index (χ0) is 47.4. The number of nitrogens with zero attached hydrogens (tertiary/aromatic N) is 2. The molecule has 0 saturated carbocycles. The molecule has 1 aliphatic heterocycles. The van der Waals surface area contributed by atoms with Gasteiger partial charge in [-0.2, -0.15) is 0 Å². The molecule has 0 aliphatic carbocycles. The zero-order valence-corrected chi connectivity index (χ0v) is 37.8. The summed E-state index contributed by atoms with van der Waals surface area (Å²) in [4.78, 5) is 126. The van der Waals surface area contributed by atoms with E-state index in [0.717, 1.165) is 12.5 Å². The van der Waals surface area contributed by atoms with Crippen molar-refractivity contribution < 1.29 is 71.9 Å². The van der Waals surface area contributed by atoms with Crippen LogP contribution in [0, 0.1) is 17.8 Å². The first kappa shape index (κ1) is 53.6. The van der Waals surface area contributed by atoms with Crippen molar-refractivity contribution >= 4 is 48.8 Å². The van der Waals surface area contributed by atoms with E-state index in [2.05, 4.69) is 30.6 Å². The van der Waals surface area contributed by atoms with Crippen molar-refractivity contribution in [3.8, 4) is 0 Å². The molecule has 64 heavy (non-hydrogen) atoms. The highest BCUT2D eigenvalue weighted by Gasteiger charge is 2.42. The maximum absolute atomic E-state index is 14.2. The predicted octanol–water partition coefficient (Wildman–Crippen LogP) is 0.901. The number of H-pyrrole nitrogens is 1. The van der Waals surface area contributed by atoms with Gasteiger partial charge in [0.15, 0.2) is 11.6 Å². The van der Waals surface area contributed by atoms with Crippen molar-refractivity contribution in [1.29, 1.82) is 0 Å². The highest BCUT2D eigenvalue weighted by molar-refractivity contribution is 7.46. The molecule has 1 fully saturated rings. The number of hydroxylamine groups is 1. The Morgan fingerprint density at radius 3 is 2.27 bits per heavy atom. The molecule has 2 aromatic rings. The van der Waals surface area contributed by atoms with E-state index in [1.165, 1.54) is 31.5 Å². The molecule has 356 valence electrons. The molecule has 7 N–H and O–H groups in total. The number of phosphoric acid groups is 1. The number of methoxy groups -OCH3 is 1. The van der Waals surface area contributed by atoms with Gasteiger partial charge >= 0.3 is 7.82 Å². The molecule has 1 saturated heterocycles. The lowest BCUT2D eigenvalue weighted by Gasteiger charge is -2.28. The lowest BCUT2D eigenvalue weighted by Crippen LogP contribution is -2.52. The van der Waals surface area contributed by atoms with E-state index in [4.69, 9.17) is 14.3 Å². The van der Waals surface area contributed by atoms with Gasteiger partial charge in [0, 0.05) is 51.1 Å². The number of phosphoric ester groups is 1. The average Bonchev–Trinajstić information content (AvgIpc) is 3.92. The van der Waals surface area contributed by atoms with Crippen LogP contribution in [-0.2, 0) is 69.8 Å². The predicted molar refractivity (Wildman–Crippen MR) is 227 cm³/mol. The van der Waals surface area contributed by atoms with E-state index in [1.807, 2.05) is 44.2 Å². The largest absolute Gasteiger partial charge is 0.469 e. The van der Waals surface area contributed by atoms with Crippen molar-refractivity contribution in [2.45, 2.75) is 109 Å². The Kier molecular flexibility index (Phi) is 22.5. The number of benzene rings is 1. The molecule has 1 aliphatic rings. The average molecular weight is 923 g/mol. The number of aromatic nitrogens is 2. The van der Waals surface area contributed by atoms with E-state index < -0.39 is 110 Å². The van der Waals surface area contributed by atoms with Gasteiger partial charge in [0.2, 0.25) is 23.6 Å². The number of Topliss-reactive ketones (excluding diaryl/α,β-unsaturated/α-hetero) is 3. The summed E-state index contributed by atoms with van der Waals surface area (Å²) in [6.45, 7) is 5.64. The fraction of sp³-hybridized carbons (Fsp3) is 0.619. The maximum Gasteiger partial charge on any atom is 0.469 e. The van der Waals surface area contributed by atoms with Crippen molar-refractivity contribution in [1.82, 2.24) is 31.0 Å². The number of aryl methyl sites for hydroxylation is 1. The number of ketones is 3. The number of rotatable bonds is 30. The normalized spacial score (nSPS) is 17.5. The van der Waals surface area contributed by atoms with Crippen LogP contribution in [0.2, 0.25) is 0 Å². The van der Waals surface area contributed by atoms with Gasteiger partial charge in [-0.05, 0) is 38.2 Å². The first-order valence-electron chi connectivity index (χ1n) is 21.1. The number of aromatic amines is 1. The smallest absolute Gasteiger partial charge is 0.394 e. The Bertz CT molecular complexity index is 1880. The summed E-state index contributed by atoms with van der Waals surface area (Å²) in [6, 6.07) is 5.59. The molecule has 0 bridgehead atoms. The zero-order valence-electron chi connectivity index (χ0n) is 36.9. The van der Waals surface area contributed by atoms with E-state index in [1.54, 1.807) is 0 Å². The summed E-state index contributed by atoms with van der Waals surface area (Å²) in [6.07, 6.45) is 0.130. The van der Waals surface area contributed by atoms with Gasteiger partial charge < -0.3 is 44.9 Å². The topological polar surface area (TPSA) is 302 Å². The van der Waals surface area contributed by atoms with Crippen molar-refractivity contribution in [2.24, 2.45) is 17.8 Å². The van der Waals surface area contributed by atoms with Gasteiger partial charge in [0.25, 0.3) is 0 Å². The Morgan fingerprint density at radius 1 is 0.953 bits per heavy atom. The number of ether oxygens (including phenoxy) is 2. The Balaban J connectivity index is 1.78. The first-order valence-corrected chi connectivity index (χ1v) is 22.7. The van der Waals surface area contributed by atoms with Crippen LogP contribution in [0.5, 0.6) is 0 Å². The van der Waals surface area contributed by atoms with Crippen LogP contribution >= 0.6 is 7.82 Å². The SMILES string of the molecule is COCCOCCC(=O)N1C[C@H](ONC(=O)CCc2ccccc2)C[C@H]1C(=O)N[C@@H](CC(C)C)C(=O)C[C@@H](Cc1cnc[nH]1)C(=O)N[C@@H](CO)C(=O)C[C@H](C(C)=O)C(C)OP(=O)(O)O. The number of carbonyl (C=O) groups excluding carboxylic acids is 7. The number of hydrogen-bond acceptors (Lipinski definition) is 14. The van der Waals surface area contributed by atoms with Gasteiger partial charge in [0.05, 0.1) is 69.7 Å². The molecule has 21 nitrogen and oxygen atoms in total. The third-order valence-electron chi connectivity index (χ3n) is 10.6. The van der Waals surface area contributed by atoms with Crippen LogP contribution in [-0.4, -0.2) is 141 Å². The Morgan fingerprint density at radius 2 is 1.66 bits per heavy atom. The molecule has 22 heteroatoms. The summed E-state index contributed by atoms with van der Waals surface area (Å²) >= 11 is 0. The summed E-state index contributed by atoms with van der Waals surface area (Å²) in [7, 11) is -3.52. The van der Waals surface area contributed by atoms with Gasteiger partial charge in [0.1, 0.15) is 24.0 Å². The second kappa shape index (κ2) is 26.9. The summed E-state index contributed by atoms with van der Waals surface area (Å²) in [5.74, 6) is -6.93. The van der Waals surface area contributed by atoms with Crippen LogP contribution in [0.1, 0.15) is 77.5 Å². The number of aliphatic hydroxyl groups excluding tert-OH is 1. The fourth-order valence-electron chi connectivity index (χ4n) is 7.18. The highest BCUT2D eigenvalue weighted by atomic mass is 31.2. The Hall–Kier alpha value is -4.73. The number of likely N-dealkylation sites (tertiary alicyclic amines) is 1. The van der Waals surface area contributed by atoms with E-state index >= 15 is 0 Å². The molecule has 2 heterocycles. The van der Waals surface area contributed by atoms with Crippen molar-refractivity contribution in [3.63, 3.8) is 0 Å². The third kappa shape index (κ3) is 18.8. The second-order valence-corrected chi connectivity index (χ2v) is 17.4. The second-order valence-electron chi connectivity index (χ2n) is 16.2. The fourth-order valence-corrected chi connectivity index (χ4v) is 7.76. The minimum atomic E-state index is -5.03. The van der Waals surface area contributed by atoms with Crippen LogP contribution in [0.4, 0.5) is 0 Å². The standard InChI is InChI=1S/C42H63N6O15P/c1-26(2)17-34(37(51)19-30(18-31-22-43-25-44-31)41(55)46-35(24-49)38(52)21-33(27(3)50)28(4)63-64(57,58)59)45-42(56)36-20-32(23-48(36)40(54)13-14-61-16-15-60-5)62-47-39(53)12-11-29-9-7-6-8-10-29/h6-10,22,25-26,28,30,32-36,49H,11-21,23-24H2,1-5H3,(H,43,44)(H,45,56)(H,46,55)(H,47,53)(H2,57,58,59)/t28?,30-,32-,33-,34+,35+,36+/m1/s1. The number of aliphatic hydroxyl groups is 1. The van der Waals surface area contributed by atoms with E-state index in [-0.39, 0.29) is 57.8 Å². The quantitative estimate of drug-likeness (QED) is 0.0325. The molecule has 3 rings (SSSR count). The van der Waals surface area contributed by atoms with Crippen LogP contribution < -0.4 is 16.1 Å². The minimum absolute atomic E-state index is 0.0141. The van der Waals surface area contributed by atoms with Crippen LogP contribution in [0.25, 0.3) is 0 Å². The number of nitrogens with one attached hydrogen (secondary N) is 4. The van der Waals surface area contributed by atoms with Gasteiger partial charge in [-0.15, -0.1) is 0 Å². The lowest BCUT2D eigenvalue weighted by atomic mass is 9.89. The molecule has 1 aromatic heterocycles. The van der Waals surface area contributed by atoms with E-state index in [9.17, 15) is 53.0 Å². The third-order valence-corrected chi connectivity index (χ3v) is 11.2. The number of carbonyl (C=O) groups is 7. The molecular formula is C42H63N6O15P. The molecular weight excluding hydrogens is 859 g/mol.